The van der Waals surface area contributed by atoms with E-state index in [0.29, 0.717) is 0 Å². The molecule has 0 fully saturated rings. The smallest absolute Gasteiger partial charge is 0.406 e. The highest BCUT2D eigenvalue weighted by Crippen LogP contribution is 2.55. The maximum atomic E-state index is 14.6. The van der Waals surface area contributed by atoms with Crippen molar-refractivity contribution in [2.45, 2.75) is 11.6 Å². The molecule has 25 heavy (non-hydrogen) atoms. The van der Waals surface area contributed by atoms with E-state index in [2.05, 4.69) is 0 Å². The van der Waals surface area contributed by atoms with Crippen LogP contribution in [0.4, 0.5) is 13.2 Å². The van der Waals surface area contributed by atoms with E-state index in [1.807, 2.05) is 0 Å². The minimum atomic E-state index is -4.81. The summed E-state index contributed by atoms with van der Waals surface area (Å²) in [6, 6.07) is 17.9. The van der Waals surface area contributed by atoms with E-state index in [1.165, 1.54) is 72.8 Å². The number of phenols is 2. The minimum absolute atomic E-state index is 0.0921. The highest BCUT2D eigenvalue weighted by Gasteiger charge is 2.60. The Morgan fingerprint density at radius 3 is 1.36 bits per heavy atom. The van der Waals surface area contributed by atoms with Crippen LogP contribution in [0.15, 0.2) is 78.9 Å². The van der Waals surface area contributed by atoms with Crippen LogP contribution in [0.1, 0.15) is 16.7 Å². The number of aromatic hydroxyl groups is 2. The number of phenolic OH excluding ortho intramolecular Hbond substituents is 2. The van der Waals surface area contributed by atoms with E-state index in [1.54, 1.807) is 6.07 Å². The van der Waals surface area contributed by atoms with E-state index in [0.717, 1.165) is 0 Å². The molecule has 2 N–H and O–H groups in total. The largest absolute Gasteiger partial charge is 0.508 e. The van der Waals surface area contributed by atoms with Gasteiger partial charge in [-0.1, -0.05) is 66.7 Å². The molecule has 0 aliphatic carbocycles. The summed E-state index contributed by atoms with van der Waals surface area (Å²) < 4.78 is 43.7. The molecular weight excluding hydrogens is 329 g/mol. The van der Waals surface area contributed by atoms with Crippen LogP contribution in [0, 0.1) is 0 Å². The number of hydrogen-bond acceptors (Lipinski definition) is 2. The number of alkyl halides is 3. The third-order valence-electron chi connectivity index (χ3n) is 4.25. The fraction of sp³-hybridized carbons (Fsp3) is 0.100. The van der Waals surface area contributed by atoms with Crippen molar-refractivity contribution in [2.75, 3.05) is 0 Å². The molecule has 128 valence electrons. The SMILES string of the molecule is Oc1ccccc1C(c1ccccc1)(c1ccccc1O)C(F)(F)F. The first-order valence-corrected chi connectivity index (χ1v) is 7.58. The molecule has 0 spiro atoms. The van der Waals surface area contributed by atoms with E-state index >= 15 is 0 Å². The van der Waals surface area contributed by atoms with Crippen molar-refractivity contribution in [3.05, 3.63) is 95.6 Å². The zero-order valence-electron chi connectivity index (χ0n) is 13.0. The van der Waals surface area contributed by atoms with Crippen molar-refractivity contribution in [3.8, 4) is 11.5 Å². The summed E-state index contributed by atoms with van der Waals surface area (Å²) in [4.78, 5) is 0. The van der Waals surface area contributed by atoms with Crippen LogP contribution in [-0.4, -0.2) is 16.4 Å². The van der Waals surface area contributed by atoms with Crippen LogP contribution in [-0.2, 0) is 5.41 Å². The monoisotopic (exact) mass is 344 g/mol. The number of halogens is 3. The summed E-state index contributed by atoms with van der Waals surface area (Å²) in [6.07, 6.45) is -4.81. The van der Waals surface area contributed by atoms with Gasteiger partial charge in [-0.2, -0.15) is 13.2 Å². The summed E-state index contributed by atoms with van der Waals surface area (Å²) >= 11 is 0. The van der Waals surface area contributed by atoms with E-state index in [4.69, 9.17) is 0 Å². The molecule has 3 aromatic carbocycles. The number of rotatable bonds is 3. The normalized spacial score (nSPS) is 12.1. The second-order valence-electron chi connectivity index (χ2n) is 5.65. The van der Waals surface area contributed by atoms with Gasteiger partial charge in [0.05, 0.1) is 0 Å². The topological polar surface area (TPSA) is 40.5 Å². The van der Waals surface area contributed by atoms with Crippen molar-refractivity contribution in [3.63, 3.8) is 0 Å². The highest BCUT2D eigenvalue weighted by molar-refractivity contribution is 5.59. The summed E-state index contributed by atoms with van der Waals surface area (Å²) in [5.74, 6) is -0.987. The quantitative estimate of drug-likeness (QED) is 0.657. The molecule has 0 bridgehead atoms. The Morgan fingerprint density at radius 1 is 0.560 bits per heavy atom. The Kier molecular flexibility index (Phi) is 4.17. The molecule has 3 aromatic rings. The molecule has 0 aliphatic rings. The summed E-state index contributed by atoms with van der Waals surface area (Å²) in [7, 11) is 0. The van der Waals surface area contributed by atoms with Gasteiger partial charge in [0.1, 0.15) is 16.9 Å². The lowest BCUT2D eigenvalue weighted by atomic mass is 9.68. The molecule has 0 saturated carbocycles. The number of benzene rings is 3. The Balaban J connectivity index is 2.51. The van der Waals surface area contributed by atoms with Gasteiger partial charge in [-0.15, -0.1) is 0 Å². The van der Waals surface area contributed by atoms with Gasteiger partial charge in [0.25, 0.3) is 0 Å². The maximum absolute atomic E-state index is 14.6. The Morgan fingerprint density at radius 2 is 0.960 bits per heavy atom. The Bertz CT molecular complexity index is 828. The van der Waals surface area contributed by atoms with E-state index < -0.39 is 23.1 Å². The van der Waals surface area contributed by atoms with E-state index in [9.17, 15) is 23.4 Å². The van der Waals surface area contributed by atoms with Gasteiger partial charge >= 0.3 is 6.18 Å². The standard InChI is InChI=1S/C20H15F3O2/c21-20(22,23)19(14-8-2-1-3-9-14,15-10-4-6-12-17(15)24)16-11-5-7-13-18(16)25/h1-13,24-25H. The van der Waals surface area contributed by atoms with Crippen LogP contribution >= 0.6 is 0 Å². The lowest BCUT2D eigenvalue weighted by Gasteiger charge is -2.38. The lowest BCUT2D eigenvalue weighted by Crippen LogP contribution is -2.44. The van der Waals surface area contributed by atoms with Crippen molar-refractivity contribution in [1.29, 1.82) is 0 Å². The van der Waals surface area contributed by atoms with Crippen molar-refractivity contribution < 1.29 is 23.4 Å². The predicted molar refractivity (Wildman–Crippen MR) is 88.6 cm³/mol. The molecule has 0 saturated heterocycles. The van der Waals surface area contributed by atoms with Crippen LogP contribution < -0.4 is 0 Å². The molecule has 0 unspecified atom stereocenters. The minimum Gasteiger partial charge on any atom is -0.508 e. The maximum Gasteiger partial charge on any atom is 0.406 e. The third-order valence-corrected chi connectivity index (χ3v) is 4.25. The summed E-state index contributed by atoms with van der Waals surface area (Å²) in [5, 5.41) is 20.5. The van der Waals surface area contributed by atoms with Crippen LogP contribution in [0.2, 0.25) is 0 Å². The first kappa shape index (κ1) is 16.9. The molecule has 0 atom stereocenters. The molecule has 0 radical (unpaired) electrons. The molecule has 0 amide bonds. The fourth-order valence-electron chi connectivity index (χ4n) is 3.19. The van der Waals surface area contributed by atoms with Gasteiger partial charge in [-0.05, 0) is 17.7 Å². The zero-order chi connectivity index (χ0) is 18.1. The number of hydrogen-bond donors (Lipinski definition) is 2. The summed E-state index contributed by atoms with van der Waals surface area (Å²) in [5.41, 5.74) is -3.47. The predicted octanol–water partition coefficient (Wildman–Crippen LogP) is 4.99. The summed E-state index contributed by atoms with van der Waals surface area (Å²) in [6.45, 7) is 0. The number of para-hydroxylation sites is 2. The van der Waals surface area contributed by atoms with Crippen LogP contribution in [0.3, 0.4) is 0 Å². The first-order valence-electron chi connectivity index (χ1n) is 7.58. The first-order chi connectivity index (χ1) is 11.9. The molecule has 3 rings (SSSR count). The Hall–Kier alpha value is -2.95. The van der Waals surface area contributed by atoms with Gasteiger partial charge in [0.15, 0.2) is 0 Å². The highest BCUT2D eigenvalue weighted by atomic mass is 19.4. The molecule has 5 heteroatoms. The van der Waals surface area contributed by atoms with Crippen LogP contribution in [0.5, 0.6) is 11.5 Å². The van der Waals surface area contributed by atoms with Gasteiger partial charge in [0.2, 0.25) is 0 Å². The van der Waals surface area contributed by atoms with E-state index in [-0.39, 0.29) is 16.7 Å². The van der Waals surface area contributed by atoms with Gasteiger partial charge in [0, 0.05) is 11.1 Å². The second-order valence-corrected chi connectivity index (χ2v) is 5.65. The average Bonchev–Trinajstić information content (AvgIpc) is 2.58. The van der Waals surface area contributed by atoms with Crippen molar-refractivity contribution in [1.82, 2.24) is 0 Å². The van der Waals surface area contributed by atoms with Crippen molar-refractivity contribution in [2.24, 2.45) is 0 Å². The van der Waals surface area contributed by atoms with Gasteiger partial charge in [-0.3, -0.25) is 0 Å². The zero-order valence-corrected chi connectivity index (χ0v) is 13.0. The molecule has 0 heterocycles. The van der Waals surface area contributed by atoms with Gasteiger partial charge in [-0.25, -0.2) is 0 Å². The lowest BCUT2D eigenvalue weighted by molar-refractivity contribution is -0.167. The Labute approximate surface area is 142 Å². The van der Waals surface area contributed by atoms with Gasteiger partial charge < -0.3 is 10.2 Å². The average molecular weight is 344 g/mol. The van der Waals surface area contributed by atoms with Crippen LogP contribution in [0.25, 0.3) is 0 Å². The molecule has 0 aromatic heterocycles. The fourth-order valence-corrected chi connectivity index (χ4v) is 3.19. The molecular formula is C20H15F3O2. The molecule has 0 aliphatic heterocycles. The molecule has 2 nitrogen and oxygen atoms in total. The van der Waals surface area contributed by atoms with Crippen molar-refractivity contribution >= 4 is 0 Å². The second kappa shape index (κ2) is 6.16. The third kappa shape index (κ3) is 2.61.